The third-order valence-corrected chi connectivity index (χ3v) is 3.81. The van der Waals surface area contributed by atoms with Gasteiger partial charge in [-0.3, -0.25) is 0 Å². The van der Waals surface area contributed by atoms with Crippen LogP contribution in [-0.2, 0) is 6.54 Å². The number of pyridine rings is 1. The van der Waals surface area contributed by atoms with E-state index in [4.69, 9.17) is 4.74 Å². The van der Waals surface area contributed by atoms with Crippen LogP contribution < -0.4 is 10.1 Å². The van der Waals surface area contributed by atoms with Crippen LogP contribution in [-0.4, -0.2) is 17.8 Å². The lowest BCUT2D eigenvalue weighted by molar-refractivity contribution is 0.450. The maximum absolute atomic E-state index is 5.97. The molecule has 112 valence electrons. The van der Waals surface area contributed by atoms with Gasteiger partial charge in [0.15, 0.2) is 0 Å². The van der Waals surface area contributed by atoms with Crippen LogP contribution in [0.5, 0.6) is 11.6 Å². The largest absolute Gasteiger partial charge is 0.438 e. The first-order valence-corrected chi connectivity index (χ1v) is 8.44. The molecule has 1 heterocycles. The monoisotopic (exact) mass is 302 g/mol. The average Bonchev–Trinajstić information content (AvgIpc) is 2.47. The quantitative estimate of drug-likeness (QED) is 0.607. The fourth-order valence-corrected chi connectivity index (χ4v) is 2.61. The molecule has 0 spiro atoms. The highest BCUT2D eigenvalue weighted by Crippen LogP contribution is 2.30. The predicted molar refractivity (Wildman–Crippen MR) is 89.3 cm³/mol. The van der Waals surface area contributed by atoms with Crippen LogP contribution >= 0.6 is 11.8 Å². The van der Waals surface area contributed by atoms with E-state index in [1.54, 1.807) is 11.8 Å². The minimum atomic E-state index is 0.657. The molecular weight excluding hydrogens is 280 g/mol. The number of aryl methyl sites for hydroxylation is 1. The molecular formula is C17H22N2OS. The number of nitrogens with zero attached hydrogens (tertiary/aromatic N) is 1. The smallest absolute Gasteiger partial charge is 0.219 e. The Hall–Kier alpha value is -1.52. The summed E-state index contributed by atoms with van der Waals surface area (Å²) in [5.41, 5.74) is 2.18. The molecule has 1 aromatic carbocycles. The maximum atomic E-state index is 5.97. The van der Waals surface area contributed by atoms with Gasteiger partial charge < -0.3 is 10.1 Å². The van der Waals surface area contributed by atoms with Crippen LogP contribution in [0.25, 0.3) is 0 Å². The molecule has 3 nitrogen and oxygen atoms in total. The highest BCUT2D eigenvalue weighted by Gasteiger charge is 2.06. The van der Waals surface area contributed by atoms with E-state index >= 15 is 0 Å². The molecule has 0 saturated carbocycles. The number of para-hydroxylation sites is 1. The average molecular weight is 302 g/mol. The first-order chi connectivity index (χ1) is 10.2. The first kappa shape index (κ1) is 15.9. The third-order valence-electron chi connectivity index (χ3n) is 3.03. The Labute approximate surface area is 131 Å². The SMILES string of the molecule is CCCNCc1cc(C)nc(Oc2ccccc2SC)c1. The Morgan fingerprint density at radius 1 is 1.24 bits per heavy atom. The molecule has 2 rings (SSSR count). The van der Waals surface area contributed by atoms with E-state index in [9.17, 15) is 0 Å². The fourth-order valence-electron chi connectivity index (χ4n) is 2.09. The summed E-state index contributed by atoms with van der Waals surface area (Å²) in [6.07, 6.45) is 3.18. The van der Waals surface area contributed by atoms with Gasteiger partial charge in [0.05, 0.1) is 0 Å². The van der Waals surface area contributed by atoms with Crippen LogP contribution in [0, 0.1) is 6.92 Å². The Morgan fingerprint density at radius 2 is 2.05 bits per heavy atom. The summed E-state index contributed by atoms with van der Waals surface area (Å²) in [5, 5.41) is 3.40. The predicted octanol–water partition coefficient (Wildman–Crippen LogP) is 4.40. The van der Waals surface area contributed by atoms with E-state index in [-0.39, 0.29) is 0 Å². The van der Waals surface area contributed by atoms with Crippen molar-refractivity contribution in [3.05, 3.63) is 47.7 Å². The Kier molecular flexibility index (Phi) is 6.08. The zero-order valence-corrected chi connectivity index (χ0v) is 13.7. The first-order valence-electron chi connectivity index (χ1n) is 7.22. The second kappa shape index (κ2) is 8.05. The molecule has 0 fully saturated rings. The van der Waals surface area contributed by atoms with Crippen molar-refractivity contribution >= 4 is 11.8 Å². The Balaban J connectivity index is 2.15. The Morgan fingerprint density at radius 3 is 2.81 bits per heavy atom. The number of thioether (sulfide) groups is 1. The van der Waals surface area contributed by atoms with Crippen molar-refractivity contribution in [2.75, 3.05) is 12.8 Å². The van der Waals surface area contributed by atoms with Crippen LogP contribution in [0.15, 0.2) is 41.3 Å². The van der Waals surface area contributed by atoms with Crippen LogP contribution in [0.1, 0.15) is 24.6 Å². The van der Waals surface area contributed by atoms with Crippen LogP contribution in [0.3, 0.4) is 0 Å². The normalized spacial score (nSPS) is 10.6. The van der Waals surface area contributed by atoms with Gasteiger partial charge in [-0.15, -0.1) is 11.8 Å². The summed E-state index contributed by atoms with van der Waals surface area (Å²) >= 11 is 1.67. The number of aromatic nitrogens is 1. The third kappa shape index (κ3) is 4.76. The molecule has 1 aromatic heterocycles. The molecule has 0 amide bonds. The van der Waals surface area contributed by atoms with Gasteiger partial charge in [0.1, 0.15) is 5.75 Å². The van der Waals surface area contributed by atoms with Gasteiger partial charge in [0.2, 0.25) is 5.88 Å². The minimum absolute atomic E-state index is 0.657. The Bertz CT molecular complexity index is 587. The van der Waals surface area contributed by atoms with E-state index in [2.05, 4.69) is 29.4 Å². The van der Waals surface area contributed by atoms with Crippen molar-refractivity contribution in [3.63, 3.8) is 0 Å². The van der Waals surface area contributed by atoms with Gasteiger partial charge in [0, 0.05) is 23.2 Å². The second-order valence-electron chi connectivity index (χ2n) is 4.88. The zero-order valence-electron chi connectivity index (χ0n) is 12.8. The molecule has 0 radical (unpaired) electrons. The lowest BCUT2D eigenvalue weighted by atomic mass is 10.2. The van der Waals surface area contributed by atoms with E-state index in [1.165, 1.54) is 5.56 Å². The lowest BCUT2D eigenvalue weighted by Crippen LogP contribution is -2.14. The van der Waals surface area contributed by atoms with E-state index in [1.807, 2.05) is 37.4 Å². The van der Waals surface area contributed by atoms with Crippen molar-refractivity contribution < 1.29 is 4.74 Å². The molecule has 1 N–H and O–H groups in total. The maximum Gasteiger partial charge on any atom is 0.219 e. The summed E-state index contributed by atoms with van der Waals surface area (Å²) in [6.45, 7) is 6.03. The highest BCUT2D eigenvalue weighted by atomic mass is 32.2. The molecule has 4 heteroatoms. The number of benzene rings is 1. The van der Waals surface area contributed by atoms with Crippen LogP contribution in [0.4, 0.5) is 0 Å². The summed E-state index contributed by atoms with van der Waals surface area (Å²) < 4.78 is 5.97. The molecule has 21 heavy (non-hydrogen) atoms. The van der Waals surface area contributed by atoms with E-state index < -0.39 is 0 Å². The molecule has 0 aliphatic rings. The highest BCUT2D eigenvalue weighted by molar-refractivity contribution is 7.98. The van der Waals surface area contributed by atoms with Gasteiger partial charge in [-0.05, 0) is 49.9 Å². The lowest BCUT2D eigenvalue weighted by Gasteiger charge is -2.11. The van der Waals surface area contributed by atoms with Gasteiger partial charge in [-0.1, -0.05) is 19.1 Å². The van der Waals surface area contributed by atoms with Crippen molar-refractivity contribution in [2.24, 2.45) is 0 Å². The van der Waals surface area contributed by atoms with Gasteiger partial charge in [-0.2, -0.15) is 0 Å². The van der Waals surface area contributed by atoms with Crippen LogP contribution in [0.2, 0.25) is 0 Å². The number of hydrogen-bond acceptors (Lipinski definition) is 4. The molecule has 0 aliphatic heterocycles. The second-order valence-corrected chi connectivity index (χ2v) is 5.73. The fraction of sp³-hybridized carbons (Fsp3) is 0.353. The molecule has 0 bridgehead atoms. The molecule has 0 aliphatic carbocycles. The van der Waals surface area contributed by atoms with Crippen molar-refractivity contribution in [3.8, 4) is 11.6 Å². The minimum Gasteiger partial charge on any atom is -0.438 e. The summed E-state index contributed by atoms with van der Waals surface area (Å²) in [5.74, 6) is 1.51. The topological polar surface area (TPSA) is 34.2 Å². The van der Waals surface area contributed by atoms with Crippen molar-refractivity contribution in [1.82, 2.24) is 10.3 Å². The van der Waals surface area contributed by atoms with Gasteiger partial charge in [0.25, 0.3) is 0 Å². The molecule has 2 aromatic rings. The molecule has 0 saturated heterocycles. The number of nitrogens with one attached hydrogen (secondary N) is 1. The number of rotatable bonds is 7. The summed E-state index contributed by atoms with van der Waals surface area (Å²) in [6, 6.07) is 12.1. The standard InChI is InChI=1S/C17H22N2OS/c1-4-9-18-12-14-10-13(2)19-17(11-14)20-15-7-5-6-8-16(15)21-3/h5-8,10-11,18H,4,9,12H2,1-3H3. The molecule has 0 unspecified atom stereocenters. The van der Waals surface area contributed by atoms with E-state index in [0.29, 0.717) is 5.88 Å². The van der Waals surface area contributed by atoms with Gasteiger partial charge in [-0.25, -0.2) is 4.98 Å². The van der Waals surface area contributed by atoms with Crippen molar-refractivity contribution in [1.29, 1.82) is 0 Å². The van der Waals surface area contributed by atoms with Gasteiger partial charge >= 0.3 is 0 Å². The number of hydrogen-bond donors (Lipinski definition) is 1. The molecule has 0 atom stereocenters. The van der Waals surface area contributed by atoms with E-state index in [0.717, 1.165) is 35.8 Å². The number of ether oxygens (including phenoxy) is 1. The zero-order chi connectivity index (χ0) is 15.1. The summed E-state index contributed by atoms with van der Waals surface area (Å²) in [7, 11) is 0. The summed E-state index contributed by atoms with van der Waals surface area (Å²) in [4.78, 5) is 5.59. The van der Waals surface area contributed by atoms with Crippen molar-refractivity contribution in [2.45, 2.75) is 31.7 Å².